The largest absolute Gasteiger partial charge is 0.481 e. The Balaban J connectivity index is 2.08. The summed E-state index contributed by atoms with van der Waals surface area (Å²) in [6, 6.07) is 6.33. The van der Waals surface area contributed by atoms with E-state index in [0.717, 1.165) is 12.0 Å². The van der Waals surface area contributed by atoms with Gasteiger partial charge in [-0.2, -0.15) is 0 Å². The second-order valence-corrected chi connectivity index (χ2v) is 7.05. The van der Waals surface area contributed by atoms with E-state index in [1.807, 2.05) is 6.92 Å². The maximum absolute atomic E-state index is 12.2. The lowest BCUT2D eigenvalue weighted by molar-refractivity contribution is -0.143. The predicted molar refractivity (Wildman–Crippen MR) is 74.9 cm³/mol. The van der Waals surface area contributed by atoms with Crippen molar-refractivity contribution in [1.29, 1.82) is 0 Å². The van der Waals surface area contributed by atoms with Crippen molar-refractivity contribution < 1.29 is 18.3 Å². The second-order valence-electron chi connectivity index (χ2n) is 5.33. The number of aliphatic carboxylic acids is 1. The summed E-state index contributed by atoms with van der Waals surface area (Å²) in [5.41, 5.74) is 0.993. The number of sulfonamides is 1. The minimum absolute atomic E-state index is 0.223. The van der Waals surface area contributed by atoms with E-state index in [2.05, 4.69) is 4.72 Å². The monoisotopic (exact) mass is 297 g/mol. The number of nitrogens with one attached hydrogen (secondary N) is 1. The zero-order valence-electron chi connectivity index (χ0n) is 11.4. The van der Waals surface area contributed by atoms with Crippen LogP contribution in [-0.4, -0.2) is 25.5 Å². The van der Waals surface area contributed by atoms with E-state index in [9.17, 15) is 13.2 Å². The molecule has 1 aliphatic carbocycles. The van der Waals surface area contributed by atoms with Gasteiger partial charge >= 0.3 is 5.97 Å². The summed E-state index contributed by atoms with van der Waals surface area (Å²) in [6.07, 6.45) is 2.41. The van der Waals surface area contributed by atoms with E-state index in [-0.39, 0.29) is 10.9 Å². The van der Waals surface area contributed by atoms with E-state index in [4.69, 9.17) is 5.11 Å². The van der Waals surface area contributed by atoms with Crippen LogP contribution in [-0.2, 0) is 14.8 Å². The van der Waals surface area contributed by atoms with Gasteiger partial charge in [-0.1, -0.05) is 24.1 Å². The Hall–Kier alpha value is -1.40. The number of rotatable bonds is 4. The molecule has 0 aromatic heterocycles. The van der Waals surface area contributed by atoms with Crippen molar-refractivity contribution in [2.24, 2.45) is 5.92 Å². The minimum Gasteiger partial charge on any atom is -0.481 e. The lowest BCUT2D eigenvalue weighted by atomic mass is 9.86. The first-order valence-electron chi connectivity index (χ1n) is 6.70. The summed E-state index contributed by atoms with van der Waals surface area (Å²) in [6.45, 7) is 1.89. The summed E-state index contributed by atoms with van der Waals surface area (Å²) < 4.78 is 27.1. The third kappa shape index (κ3) is 3.58. The summed E-state index contributed by atoms with van der Waals surface area (Å²) >= 11 is 0. The first kappa shape index (κ1) is 15.0. The fourth-order valence-corrected chi connectivity index (χ4v) is 3.81. The van der Waals surface area contributed by atoms with Gasteiger partial charge in [0.1, 0.15) is 0 Å². The molecule has 1 fully saturated rings. The molecule has 5 nitrogen and oxygen atoms in total. The van der Waals surface area contributed by atoms with Gasteiger partial charge in [0, 0.05) is 6.04 Å². The van der Waals surface area contributed by atoms with Crippen molar-refractivity contribution >= 4 is 16.0 Å². The highest BCUT2D eigenvalue weighted by Crippen LogP contribution is 2.25. The molecule has 2 atom stereocenters. The molecule has 0 spiro atoms. The molecular formula is C14H19NO4S. The van der Waals surface area contributed by atoms with Crippen LogP contribution in [0.4, 0.5) is 0 Å². The molecule has 0 unspecified atom stereocenters. The lowest BCUT2D eigenvalue weighted by Crippen LogP contribution is -2.39. The van der Waals surface area contributed by atoms with Crippen molar-refractivity contribution in [2.45, 2.75) is 43.5 Å². The quantitative estimate of drug-likeness (QED) is 0.889. The van der Waals surface area contributed by atoms with Crippen LogP contribution in [0.25, 0.3) is 0 Å². The molecule has 1 aromatic rings. The number of hydrogen-bond donors (Lipinski definition) is 2. The highest BCUT2D eigenvalue weighted by molar-refractivity contribution is 7.89. The summed E-state index contributed by atoms with van der Waals surface area (Å²) in [7, 11) is -3.57. The first-order valence-corrected chi connectivity index (χ1v) is 8.18. The third-order valence-corrected chi connectivity index (χ3v) is 5.21. The van der Waals surface area contributed by atoms with Gasteiger partial charge in [-0.15, -0.1) is 0 Å². The molecule has 0 saturated heterocycles. The molecule has 0 heterocycles. The Labute approximate surface area is 119 Å². The Morgan fingerprint density at radius 3 is 2.50 bits per heavy atom. The van der Waals surface area contributed by atoms with Gasteiger partial charge in [0.05, 0.1) is 10.8 Å². The predicted octanol–water partition coefficient (Wildman–Crippen LogP) is 1.92. The summed E-state index contributed by atoms with van der Waals surface area (Å²) in [4.78, 5) is 11.2. The first-order chi connectivity index (χ1) is 9.38. The molecule has 110 valence electrons. The fourth-order valence-electron chi connectivity index (χ4n) is 2.53. The number of hydrogen-bond acceptors (Lipinski definition) is 3. The smallest absolute Gasteiger partial charge is 0.306 e. The van der Waals surface area contributed by atoms with Crippen LogP contribution in [0.5, 0.6) is 0 Å². The van der Waals surface area contributed by atoms with Crippen molar-refractivity contribution in [3.63, 3.8) is 0 Å². The Bertz CT molecular complexity index is 580. The van der Waals surface area contributed by atoms with Crippen molar-refractivity contribution in [3.05, 3.63) is 29.8 Å². The topological polar surface area (TPSA) is 83.5 Å². The van der Waals surface area contributed by atoms with Crippen LogP contribution in [0.15, 0.2) is 29.2 Å². The zero-order valence-corrected chi connectivity index (χ0v) is 12.2. The highest BCUT2D eigenvalue weighted by atomic mass is 32.2. The van der Waals surface area contributed by atoms with Gasteiger partial charge in [0.15, 0.2) is 0 Å². The van der Waals surface area contributed by atoms with E-state index >= 15 is 0 Å². The molecule has 6 heteroatoms. The van der Waals surface area contributed by atoms with E-state index in [1.54, 1.807) is 24.3 Å². The average Bonchev–Trinajstić information content (AvgIpc) is 2.39. The number of carboxylic acid groups (broad SMARTS) is 1. The zero-order chi connectivity index (χ0) is 14.8. The maximum atomic E-state index is 12.2. The fraction of sp³-hybridized carbons (Fsp3) is 0.500. The van der Waals surface area contributed by atoms with Crippen LogP contribution >= 0.6 is 0 Å². The SMILES string of the molecule is Cc1ccc(S(=O)(=O)N[C@@H]2CCC[C@@H](C(=O)O)C2)cc1. The molecule has 1 aromatic carbocycles. The summed E-state index contributed by atoms with van der Waals surface area (Å²) in [5, 5.41) is 9.02. The van der Waals surface area contributed by atoms with Crippen LogP contribution in [0.2, 0.25) is 0 Å². The second kappa shape index (κ2) is 5.93. The number of benzene rings is 1. The molecule has 2 rings (SSSR count). The normalized spacial score (nSPS) is 23.4. The van der Waals surface area contributed by atoms with Gasteiger partial charge in [-0.05, 0) is 38.3 Å². The standard InChI is InChI=1S/C14H19NO4S/c1-10-5-7-13(8-6-10)20(18,19)15-12-4-2-3-11(9-12)14(16)17/h5-8,11-12,15H,2-4,9H2,1H3,(H,16,17)/t11-,12-/m1/s1. The molecule has 20 heavy (non-hydrogen) atoms. The van der Waals surface area contributed by atoms with Crippen LogP contribution in [0.3, 0.4) is 0 Å². The average molecular weight is 297 g/mol. The molecule has 2 N–H and O–H groups in total. The highest BCUT2D eigenvalue weighted by Gasteiger charge is 2.29. The van der Waals surface area contributed by atoms with Gasteiger partial charge < -0.3 is 5.11 Å². The van der Waals surface area contributed by atoms with Crippen molar-refractivity contribution in [3.8, 4) is 0 Å². The Morgan fingerprint density at radius 2 is 1.90 bits per heavy atom. The van der Waals surface area contributed by atoms with Gasteiger partial charge in [0.2, 0.25) is 10.0 Å². The van der Waals surface area contributed by atoms with E-state index in [0.29, 0.717) is 19.3 Å². The maximum Gasteiger partial charge on any atom is 0.306 e. The molecule has 0 aliphatic heterocycles. The third-order valence-electron chi connectivity index (χ3n) is 3.68. The van der Waals surface area contributed by atoms with Crippen LogP contribution in [0.1, 0.15) is 31.2 Å². The molecule has 1 aliphatic rings. The lowest BCUT2D eigenvalue weighted by Gasteiger charge is -2.27. The van der Waals surface area contributed by atoms with Crippen molar-refractivity contribution in [2.75, 3.05) is 0 Å². The van der Waals surface area contributed by atoms with Crippen LogP contribution < -0.4 is 4.72 Å². The summed E-state index contributed by atoms with van der Waals surface area (Å²) in [5.74, 6) is -1.29. The molecule has 0 amide bonds. The minimum atomic E-state index is -3.57. The Kier molecular flexibility index (Phi) is 4.45. The van der Waals surface area contributed by atoms with E-state index in [1.165, 1.54) is 0 Å². The van der Waals surface area contributed by atoms with E-state index < -0.39 is 21.9 Å². The molecule has 0 bridgehead atoms. The van der Waals surface area contributed by atoms with Gasteiger partial charge in [-0.3, -0.25) is 4.79 Å². The molecule has 0 radical (unpaired) electrons. The molecular weight excluding hydrogens is 278 g/mol. The Morgan fingerprint density at radius 1 is 1.25 bits per heavy atom. The number of carbonyl (C=O) groups is 1. The number of aryl methyl sites for hydroxylation is 1. The number of carboxylic acids is 1. The molecule has 1 saturated carbocycles. The van der Waals surface area contributed by atoms with Gasteiger partial charge in [-0.25, -0.2) is 13.1 Å². The van der Waals surface area contributed by atoms with Gasteiger partial charge in [0.25, 0.3) is 0 Å². The van der Waals surface area contributed by atoms with Crippen LogP contribution in [0, 0.1) is 12.8 Å². The van der Waals surface area contributed by atoms with Crippen molar-refractivity contribution in [1.82, 2.24) is 4.72 Å².